The lowest BCUT2D eigenvalue weighted by Crippen LogP contribution is -2.43. The summed E-state index contributed by atoms with van der Waals surface area (Å²) in [6.45, 7) is 3.63. The molecule has 1 aromatic carbocycles. The third-order valence-electron chi connectivity index (χ3n) is 6.53. The van der Waals surface area contributed by atoms with Crippen LogP contribution in [0.2, 0.25) is 0 Å². The number of anilines is 3. The van der Waals surface area contributed by atoms with Gasteiger partial charge in [-0.15, -0.1) is 0 Å². The molecule has 0 spiro atoms. The number of hydrogen-bond acceptors (Lipinski definition) is 7. The van der Waals surface area contributed by atoms with E-state index >= 15 is 0 Å². The molecule has 1 saturated heterocycles. The summed E-state index contributed by atoms with van der Waals surface area (Å²) in [5.41, 5.74) is 11.0. The van der Waals surface area contributed by atoms with Crippen molar-refractivity contribution in [3.63, 3.8) is 0 Å². The van der Waals surface area contributed by atoms with Gasteiger partial charge >= 0.3 is 0 Å². The van der Waals surface area contributed by atoms with Crippen molar-refractivity contribution in [1.29, 1.82) is 0 Å². The van der Waals surface area contributed by atoms with Crippen LogP contribution >= 0.6 is 12.2 Å². The number of nitrogens with one attached hydrogen (secondary N) is 4. The van der Waals surface area contributed by atoms with Crippen LogP contribution in [0.1, 0.15) is 24.0 Å². The molecule has 9 nitrogen and oxygen atoms in total. The lowest BCUT2D eigenvalue weighted by molar-refractivity contribution is 0.222. The third kappa shape index (κ3) is 6.49. The Morgan fingerprint density at radius 1 is 1.14 bits per heavy atom. The van der Waals surface area contributed by atoms with E-state index in [-0.39, 0.29) is 5.82 Å². The molecular formula is C26H30FN9S. The second-order valence-corrected chi connectivity index (χ2v) is 9.57. The molecule has 11 heteroatoms. The van der Waals surface area contributed by atoms with Gasteiger partial charge in [-0.05, 0) is 66.9 Å². The van der Waals surface area contributed by atoms with Crippen LogP contribution in [0, 0.1) is 5.82 Å². The first-order valence-corrected chi connectivity index (χ1v) is 12.8. The van der Waals surface area contributed by atoms with Crippen LogP contribution in [-0.4, -0.2) is 62.2 Å². The number of aromatic amines is 1. The highest BCUT2D eigenvalue weighted by atomic mass is 32.1. The van der Waals surface area contributed by atoms with Gasteiger partial charge in [-0.3, -0.25) is 4.98 Å². The average Bonchev–Trinajstić information content (AvgIpc) is 3.31. The quantitative estimate of drug-likeness (QED) is 0.223. The Labute approximate surface area is 220 Å². The van der Waals surface area contributed by atoms with Crippen LogP contribution in [0.5, 0.6) is 0 Å². The molecule has 0 saturated carbocycles. The van der Waals surface area contributed by atoms with Crippen molar-refractivity contribution in [2.45, 2.75) is 25.3 Å². The van der Waals surface area contributed by atoms with Crippen LogP contribution in [0.15, 0.2) is 55.0 Å². The maximum Gasteiger partial charge on any atom is 0.202 e. The molecule has 4 heterocycles. The van der Waals surface area contributed by atoms with Crippen molar-refractivity contribution in [2.75, 3.05) is 42.5 Å². The number of likely N-dealkylation sites (tertiary alicyclic amines) is 1. The normalized spacial score (nSPS) is 14.5. The van der Waals surface area contributed by atoms with Crippen LogP contribution in [-0.2, 0) is 6.42 Å². The SMILES string of the molecule is Nc1ccncc1NC(=S)NCCN1CCC(Nc2nc3nccc(Cc4ccc(F)cc4)c3[nH]2)CC1. The highest BCUT2D eigenvalue weighted by Crippen LogP contribution is 2.22. The minimum atomic E-state index is -0.231. The molecule has 5 rings (SSSR count). The van der Waals surface area contributed by atoms with E-state index in [2.05, 4.69) is 40.8 Å². The minimum absolute atomic E-state index is 0.231. The molecule has 0 bridgehead atoms. The summed E-state index contributed by atoms with van der Waals surface area (Å²) in [6, 6.07) is 10.6. The van der Waals surface area contributed by atoms with Gasteiger partial charge in [0.25, 0.3) is 0 Å². The predicted molar refractivity (Wildman–Crippen MR) is 149 cm³/mol. The summed E-state index contributed by atoms with van der Waals surface area (Å²) in [4.78, 5) is 19.0. The number of halogens is 1. The number of imidazole rings is 1. The number of benzene rings is 1. The van der Waals surface area contributed by atoms with Crippen LogP contribution in [0.3, 0.4) is 0 Å². The summed E-state index contributed by atoms with van der Waals surface area (Å²) in [6.07, 6.45) is 7.79. The van der Waals surface area contributed by atoms with Crippen LogP contribution in [0.4, 0.5) is 21.7 Å². The van der Waals surface area contributed by atoms with Gasteiger partial charge in [0.05, 0.1) is 23.1 Å². The highest BCUT2D eigenvalue weighted by molar-refractivity contribution is 7.80. The Morgan fingerprint density at radius 2 is 1.95 bits per heavy atom. The average molecular weight is 520 g/mol. The second-order valence-electron chi connectivity index (χ2n) is 9.16. The maximum absolute atomic E-state index is 13.3. The molecule has 0 aliphatic carbocycles. The van der Waals surface area contributed by atoms with E-state index in [1.54, 1.807) is 36.8 Å². The van der Waals surface area contributed by atoms with Gasteiger partial charge in [-0.25, -0.2) is 9.37 Å². The number of nitrogen functional groups attached to an aromatic ring is 1. The Hall–Kier alpha value is -3.83. The Kier molecular flexibility index (Phi) is 7.71. The van der Waals surface area contributed by atoms with E-state index in [1.807, 2.05) is 6.07 Å². The zero-order valence-electron chi connectivity index (χ0n) is 20.4. The second kappa shape index (κ2) is 11.5. The number of fused-ring (bicyclic) bond motifs is 1. The van der Waals surface area contributed by atoms with Crippen LogP contribution < -0.4 is 21.7 Å². The molecule has 1 fully saturated rings. The lowest BCUT2D eigenvalue weighted by Gasteiger charge is -2.32. The highest BCUT2D eigenvalue weighted by Gasteiger charge is 2.20. The predicted octanol–water partition coefficient (Wildman–Crippen LogP) is 3.53. The standard InChI is InChI=1S/C26H30FN9S/c27-19-3-1-17(2-4-19)15-18-5-10-30-24-23(18)34-25(35-24)32-20-7-12-36(13-8-20)14-11-31-26(37)33-22-16-29-9-6-21(22)28/h1-6,9-10,16,20H,7-8,11-15H2,(H2,28,29)(H2,31,33,37)(H2,30,32,34,35). The number of pyridine rings is 2. The molecule has 6 N–H and O–H groups in total. The van der Waals surface area contributed by atoms with E-state index < -0.39 is 0 Å². The van der Waals surface area contributed by atoms with Gasteiger partial charge < -0.3 is 31.6 Å². The molecule has 0 unspecified atom stereocenters. The molecule has 3 aromatic heterocycles. The molecule has 0 amide bonds. The van der Waals surface area contributed by atoms with Gasteiger partial charge in [-0.1, -0.05) is 12.1 Å². The van der Waals surface area contributed by atoms with Crippen molar-refractivity contribution >= 4 is 45.8 Å². The number of nitrogens with two attached hydrogens (primary N) is 1. The number of nitrogens with zero attached hydrogens (tertiary/aromatic N) is 4. The van der Waals surface area contributed by atoms with Gasteiger partial charge in [0.15, 0.2) is 10.8 Å². The number of thiocarbonyl (C=S) groups is 1. The van der Waals surface area contributed by atoms with Crippen molar-refractivity contribution in [1.82, 2.24) is 30.2 Å². The number of aromatic nitrogens is 4. The van der Waals surface area contributed by atoms with Crippen molar-refractivity contribution < 1.29 is 4.39 Å². The zero-order valence-corrected chi connectivity index (χ0v) is 21.2. The van der Waals surface area contributed by atoms with Crippen LogP contribution in [0.25, 0.3) is 11.2 Å². The molecule has 1 aliphatic rings. The van der Waals surface area contributed by atoms with Crippen molar-refractivity contribution in [3.8, 4) is 0 Å². The fourth-order valence-corrected chi connectivity index (χ4v) is 4.71. The van der Waals surface area contributed by atoms with E-state index in [0.29, 0.717) is 34.6 Å². The molecular weight excluding hydrogens is 489 g/mol. The van der Waals surface area contributed by atoms with E-state index in [4.69, 9.17) is 18.0 Å². The summed E-state index contributed by atoms with van der Waals surface area (Å²) in [5.74, 6) is 0.506. The monoisotopic (exact) mass is 519 g/mol. The number of rotatable bonds is 8. The van der Waals surface area contributed by atoms with E-state index in [1.165, 1.54) is 12.1 Å². The topological polar surface area (TPSA) is 120 Å². The maximum atomic E-state index is 13.3. The summed E-state index contributed by atoms with van der Waals surface area (Å²) >= 11 is 5.37. The van der Waals surface area contributed by atoms with Gasteiger partial charge in [-0.2, -0.15) is 4.98 Å². The fraction of sp³-hybridized carbons (Fsp3) is 0.308. The number of H-pyrrole nitrogens is 1. The molecule has 0 radical (unpaired) electrons. The van der Waals surface area contributed by atoms with Gasteiger partial charge in [0.2, 0.25) is 5.95 Å². The Morgan fingerprint density at radius 3 is 2.73 bits per heavy atom. The summed E-state index contributed by atoms with van der Waals surface area (Å²) in [5, 5.41) is 10.4. The largest absolute Gasteiger partial charge is 0.397 e. The molecule has 0 atom stereocenters. The molecule has 4 aromatic rings. The van der Waals surface area contributed by atoms with E-state index in [9.17, 15) is 4.39 Å². The minimum Gasteiger partial charge on any atom is -0.397 e. The van der Waals surface area contributed by atoms with Gasteiger partial charge in [0.1, 0.15) is 5.82 Å². The first-order valence-electron chi connectivity index (χ1n) is 12.3. The number of hydrogen-bond donors (Lipinski definition) is 5. The fourth-order valence-electron chi connectivity index (χ4n) is 4.50. The van der Waals surface area contributed by atoms with Crippen molar-refractivity contribution in [2.24, 2.45) is 0 Å². The lowest BCUT2D eigenvalue weighted by atomic mass is 10.1. The summed E-state index contributed by atoms with van der Waals surface area (Å²) in [7, 11) is 0. The van der Waals surface area contributed by atoms with E-state index in [0.717, 1.165) is 61.6 Å². The third-order valence-corrected chi connectivity index (χ3v) is 6.78. The first kappa shape index (κ1) is 24.8. The van der Waals surface area contributed by atoms with Gasteiger partial charge in [0, 0.05) is 44.6 Å². The zero-order chi connectivity index (χ0) is 25.6. The molecule has 192 valence electrons. The first-order chi connectivity index (χ1) is 18.0. The van der Waals surface area contributed by atoms with Crippen molar-refractivity contribution in [3.05, 3.63) is 71.9 Å². The number of piperidine rings is 1. The molecule has 1 aliphatic heterocycles. The Balaban J connectivity index is 1.08. The Bertz CT molecular complexity index is 1350. The smallest absolute Gasteiger partial charge is 0.202 e. The summed E-state index contributed by atoms with van der Waals surface area (Å²) < 4.78 is 13.3. The molecule has 37 heavy (non-hydrogen) atoms.